The summed E-state index contributed by atoms with van der Waals surface area (Å²) in [6.07, 6.45) is 9.34. The summed E-state index contributed by atoms with van der Waals surface area (Å²) in [6.45, 7) is 5.12. The normalized spacial score (nSPS) is 18.9. The number of aromatic nitrogens is 2. The van der Waals surface area contributed by atoms with Gasteiger partial charge in [-0.15, -0.1) is 0 Å². The van der Waals surface area contributed by atoms with Crippen LogP contribution < -0.4 is 10.2 Å². The zero-order valence-electron chi connectivity index (χ0n) is 11.1. The summed E-state index contributed by atoms with van der Waals surface area (Å²) in [5.74, 6) is 1.83. The first-order valence-corrected chi connectivity index (χ1v) is 7.15. The van der Waals surface area contributed by atoms with Crippen molar-refractivity contribution < 1.29 is 0 Å². The lowest BCUT2D eigenvalue weighted by molar-refractivity contribution is 0.689. The zero-order chi connectivity index (χ0) is 12.4. The van der Waals surface area contributed by atoms with E-state index in [1.165, 1.54) is 31.2 Å². The second kappa shape index (κ2) is 5.22. The summed E-state index contributed by atoms with van der Waals surface area (Å²) < 4.78 is 0. The molecule has 3 rings (SSSR count). The molecule has 0 aliphatic heterocycles. The fourth-order valence-corrected chi connectivity index (χ4v) is 2.22. The van der Waals surface area contributed by atoms with Gasteiger partial charge in [0, 0.05) is 37.1 Å². The van der Waals surface area contributed by atoms with E-state index in [2.05, 4.69) is 27.1 Å². The first kappa shape index (κ1) is 11.9. The van der Waals surface area contributed by atoms with Crippen LogP contribution in [0.4, 0.5) is 5.95 Å². The Balaban J connectivity index is 1.65. The molecule has 0 bridgehead atoms. The maximum absolute atomic E-state index is 4.55. The summed E-state index contributed by atoms with van der Waals surface area (Å²) in [4.78, 5) is 11.5. The molecule has 98 valence electrons. The van der Waals surface area contributed by atoms with Crippen molar-refractivity contribution in [3.63, 3.8) is 0 Å². The van der Waals surface area contributed by atoms with Gasteiger partial charge < -0.3 is 10.2 Å². The Labute approximate surface area is 109 Å². The fraction of sp³-hybridized carbons (Fsp3) is 0.714. The lowest BCUT2D eigenvalue weighted by atomic mass is 10.3. The van der Waals surface area contributed by atoms with Gasteiger partial charge in [0.25, 0.3) is 0 Å². The SMILES string of the molecule is CCNCc1cnc(N(CC2CC2)C2CC2)nc1. The third-order valence-electron chi connectivity index (χ3n) is 3.67. The average Bonchev–Trinajstić information content (AvgIpc) is 3.28. The number of anilines is 1. The number of hydrogen-bond acceptors (Lipinski definition) is 4. The van der Waals surface area contributed by atoms with Crippen LogP contribution in [0.5, 0.6) is 0 Å². The number of hydrogen-bond donors (Lipinski definition) is 1. The van der Waals surface area contributed by atoms with Crippen LogP contribution in [-0.2, 0) is 6.54 Å². The molecule has 0 radical (unpaired) electrons. The molecule has 1 aromatic rings. The molecule has 0 spiro atoms. The van der Waals surface area contributed by atoms with Gasteiger partial charge in [-0.3, -0.25) is 0 Å². The molecule has 2 fully saturated rings. The van der Waals surface area contributed by atoms with Crippen LogP contribution in [0.1, 0.15) is 38.2 Å². The molecule has 0 unspecified atom stereocenters. The summed E-state index contributed by atoms with van der Waals surface area (Å²) >= 11 is 0. The Kier molecular flexibility index (Phi) is 3.46. The van der Waals surface area contributed by atoms with E-state index in [1.807, 2.05) is 12.4 Å². The molecule has 0 saturated heterocycles. The van der Waals surface area contributed by atoms with E-state index in [0.29, 0.717) is 6.04 Å². The number of nitrogens with one attached hydrogen (secondary N) is 1. The van der Waals surface area contributed by atoms with Gasteiger partial charge in [-0.2, -0.15) is 0 Å². The van der Waals surface area contributed by atoms with Crippen molar-refractivity contribution in [1.82, 2.24) is 15.3 Å². The molecular weight excluding hydrogens is 224 g/mol. The Morgan fingerprint density at radius 2 is 1.94 bits per heavy atom. The molecule has 4 nitrogen and oxygen atoms in total. The monoisotopic (exact) mass is 246 g/mol. The Morgan fingerprint density at radius 1 is 1.22 bits per heavy atom. The topological polar surface area (TPSA) is 41.1 Å². The van der Waals surface area contributed by atoms with E-state index < -0.39 is 0 Å². The van der Waals surface area contributed by atoms with E-state index in [4.69, 9.17) is 0 Å². The highest BCUT2D eigenvalue weighted by Gasteiger charge is 2.35. The molecule has 2 aliphatic rings. The quantitative estimate of drug-likeness (QED) is 0.798. The maximum atomic E-state index is 4.55. The van der Waals surface area contributed by atoms with Crippen molar-refractivity contribution in [3.8, 4) is 0 Å². The van der Waals surface area contributed by atoms with E-state index >= 15 is 0 Å². The van der Waals surface area contributed by atoms with Gasteiger partial charge in [0.1, 0.15) is 0 Å². The first-order chi connectivity index (χ1) is 8.86. The highest BCUT2D eigenvalue weighted by molar-refractivity contribution is 5.34. The number of nitrogens with zero attached hydrogens (tertiary/aromatic N) is 3. The second-order valence-electron chi connectivity index (χ2n) is 5.50. The highest BCUT2D eigenvalue weighted by atomic mass is 15.3. The summed E-state index contributed by atoms with van der Waals surface area (Å²) in [5.41, 5.74) is 1.17. The molecule has 0 aromatic carbocycles. The van der Waals surface area contributed by atoms with E-state index in [-0.39, 0.29) is 0 Å². The van der Waals surface area contributed by atoms with Crippen molar-refractivity contribution in [2.75, 3.05) is 18.0 Å². The van der Waals surface area contributed by atoms with Crippen LogP contribution in [0.15, 0.2) is 12.4 Å². The fourth-order valence-electron chi connectivity index (χ4n) is 2.22. The van der Waals surface area contributed by atoms with Gasteiger partial charge in [0.15, 0.2) is 0 Å². The minimum atomic E-state index is 0.713. The maximum Gasteiger partial charge on any atom is 0.225 e. The van der Waals surface area contributed by atoms with Gasteiger partial charge in [-0.1, -0.05) is 6.92 Å². The van der Waals surface area contributed by atoms with Gasteiger partial charge in [0.05, 0.1) is 0 Å². The zero-order valence-corrected chi connectivity index (χ0v) is 11.1. The minimum Gasteiger partial charge on any atom is -0.338 e. The van der Waals surface area contributed by atoms with Gasteiger partial charge in [-0.05, 0) is 38.1 Å². The smallest absolute Gasteiger partial charge is 0.225 e. The van der Waals surface area contributed by atoms with Crippen LogP contribution in [-0.4, -0.2) is 29.1 Å². The molecule has 4 heteroatoms. The molecule has 1 heterocycles. The largest absolute Gasteiger partial charge is 0.338 e. The van der Waals surface area contributed by atoms with Crippen LogP contribution in [0.25, 0.3) is 0 Å². The van der Waals surface area contributed by atoms with E-state index in [1.54, 1.807) is 0 Å². The van der Waals surface area contributed by atoms with Gasteiger partial charge >= 0.3 is 0 Å². The van der Waals surface area contributed by atoms with Gasteiger partial charge in [-0.25, -0.2) is 9.97 Å². The van der Waals surface area contributed by atoms with Crippen molar-refractivity contribution in [1.29, 1.82) is 0 Å². The molecule has 1 N–H and O–H groups in total. The summed E-state index contributed by atoms with van der Waals surface area (Å²) in [7, 11) is 0. The predicted molar refractivity (Wildman–Crippen MR) is 72.5 cm³/mol. The van der Waals surface area contributed by atoms with Crippen molar-refractivity contribution in [2.24, 2.45) is 5.92 Å². The Hall–Kier alpha value is -1.16. The Morgan fingerprint density at radius 3 is 2.50 bits per heavy atom. The summed E-state index contributed by atoms with van der Waals surface area (Å²) in [6, 6.07) is 0.713. The number of rotatable bonds is 7. The third kappa shape index (κ3) is 2.99. The third-order valence-corrected chi connectivity index (χ3v) is 3.67. The van der Waals surface area contributed by atoms with Crippen molar-refractivity contribution in [3.05, 3.63) is 18.0 Å². The van der Waals surface area contributed by atoms with Crippen LogP contribution in [0, 0.1) is 5.92 Å². The molecule has 1 aromatic heterocycles. The van der Waals surface area contributed by atoms with Crippen molar-refractivity contribution >= 4 is 5.95 Å². The lowest BCUT2D eigenvalue weighted by Crippen LogP contribution is -2.29. The summed E-state index contributed by atoms with van der Waals surface area (Å²) in [5, 5.41) is 3.30. The molecule has 2 saturated carbocycles. The van der Waals surface area contributed by atoms with E-state index in [0.717, 1.165) is 31.5 Å². The van der Waals surface area contributed by atoms with Gasteiger partial charge in [0.2, 0.25) is 5.95 Å². The second-order valence-corrected chi connectivity index (χ2v) is 5.50. The van der Waals surface area contributed by atoms with Crippen LogP contribution in [0.3, 0.4) is 0 Å². The molecule has 0 atom stereocenters. The standard InChI is InChI=1S/C14H22N4/c1-2-15-7-12-8-16-14(17-9-12)18(13-5-6-13)10-11-3-4-11/h8-9,11,13,15H,2-7,10H2,1H3. The lowest BCUT2D eigenvalue weighted by Gasteiger charge is -2.22. The minimum absolute atomic E-state index is 0.713. The molecule has 18 heavy (non-hydrogen) atoms. The van der Waals surface area contributed by atoms with E-state index in [9.17, 15) is 0 Å². The first-order valence-electron chi connectivity index (χ1n) is 7.15. The average molecular weight is 246 g/mol. The van der Waals surface area contributed by atoms with Crippen molar-refractivity contribution in [2.45, 2.75) is 45.2 Å². The Bertz CT molecular complexity index is 381. The molecule has 0 amide bonds. The van der Waals surface area contributed by atoms with Crippen LogP contribution in [0.2, 0.25) is 0 Å². The highest BCUT2D eigenvalue weighted by Crippen LogP contribution is 2.36. The molecular formula is C14H22N4. The van der Waals surface area contributed by atoms with Crippen LogP contribution >= 0.6 is 0 Å². The predicted octanol–water partition coefficient (Wildman–Crippen LogP) is 1.96. The molecule has 2 aliphatic carbocycles.